The maximum atomic E-state index is 16.0. The number of ether oxygens (including phenoxy) is 4. The summed E-state index contributed by atoms with van der Waals surface area (Å²) < 4.78 is 55.9. The summed E-state index contributed by atoms with van der Waals surface area (Å²) in [5, 5.41) is 6.92. The standard InChI is InChI=1S/C51H56N2O6PS.BrH/c1-38-20-27-45(28-21-38)61(54,55)51(60(42-14-7-4-8-15-42,43-16-9-5-10-17-43)44-18-11-6-12-19-44)47-35-46(40-23-25-41(57-3)26-24-40)50(36-52-47)59-37-39-22-29-49-48(34-39)53(31-33-58-49)30-13-32-56-2;/h4-12,14-29,34,46-47,50-52H,13,30-33,35-37H2,1-3H3;1H/q+1;/p-1/t46-,47+,50+,51?;/m1./s1. The van der Waals surface area contributed by atoms with E-state index in [0.717, 1.165) is 69.3 Å². The average Bonchev–Trinajstić information content (AvgIpc) is 3.31. The van der Waals surface area contributed by atoms with E-state index in [1.54, 1.807) is 26.4 Å². The van der Waals surface area contributed by atoms with Gasteiger partial charge in [-0.05, 0) is 104 Å². The van der Waals surface area contributed by atoms with Crippen LogP contribution >= 0.6 is 7.26 Å². The number of hydrogen-bond acceptors (Lipinski definition) is 8. The molecular formula is C51H56BrN2O6PS. The first-order chi connectivity index (χ1) is 29.8. The molecule has 2 aliphatic rings. The molecule has 1 saturated heterocycles. The minimum absolute atomic E-state index is 0. The molecule has 0 amide bonds. The summed E-state index contributed by atoms with van der Waals surface area (Å²) >= 11 is 0. The molecule has 11 heteroatoms. The molecule has 2 aliphatic heterocycles. The molecule has 8 rings (SSSR count). The van der Waals surface area contributed by atoms with Crippen LogP contribution in [0.1, 0.15) is 35.4 Å². The largest absolute Gasteiger partial charge is 1.00 e. The van der Waals surface area contributed by atoms with Crippen LogP contribution in [0.3, 0.4) is 0 Å². The highest BCUT2D eigenvalue weighted by Gasteiger charge is 2.62. The molecule has 8 nitrogen and oxygen atoms in total. The SMILES string of the molecule is COCCCN1CCOc2ccc(CO[C@H]3CN[C@H](C([P+](c4ccccc4)(c4ccccc4)c4ccccc4)S(=O)(=O)c4ccc(C)cc4)C[C@@H]3c3ccc(OC)cc3)cc21.[Br-]. The van der Waals surface area contributed by atoms with Crippen molar-refractivity contribution in [1.82, 2.24) is 5.32 Å². The average molecular weight is 936 g/mol. The second-order valence-electron chi connectivity index (χ2n) is 15.9. The van der Waals surface area contributed by atoms with Gasteiger partial charge in [0.05, 0.1) is 43.0 Å². The van der Waals surface area contributed by atoms with E-state index in [4.69, 9.17) is 18.9 Å². The highest BCUT2D eigenvalue weighted by molar-refractivity contribution is 8.10. The Morgan fingerprint density at radius 3 is 1.98 bits per heavy atom. The Morgan fingerprint density at radius 1 is 0.790 bits per heavy atom. The number of nitrogens with zero attached hydrogens (tertiary/aromatic N) is 1. The van der Waals surface area contributed by atoms with Crippen LogP contribution in [0.4, 0.5) is 5.69 Å². The van der Waals surface area contributed by atoms with Gasteiger partial charge in [-0.15, -0.1) is 0 Å². The van der Waals surface area contributed by atoms with E-state index in [2.05, 4.69) is 70.9 Å². The summed E-state index contributed by atoms with van der Waals surface area (Å²) in [4.78, 5) is 1.82. The summed E-state index contributed by atoms with van der Waals surface area (Å²) in [7, 11) is -3.63. The fraction of sp³-hybridized carbons (Fsp3) is 0.294. The van der Waals surface area contributed by atoms with Crippen LogP contribution in [-0.4, -0.2) is 72.6 Å². The van der Waals surface area contributed by atoms with Crippen LogP contribution in [0.25, 0.3) is 0 Å². The number of nitrogens with one attached hydrogen (secondary N) is 1. The monoisotopic (exact) mass is 934 g/mol. The molecule has 324 valence electrons. The lowest BCUT2D eigenvalue weighted by Gasteiger charge is -2.43. The molecule has 4 atom stereocenters. The number of sulfone groups is 1. The van der Waals surface area contributed by atoms with E-state index < -0.39 is 28.1 Å². The summed E-state index contributed by atoms with van der Waals surface area (Å²) in [6, 6.07) is 52.4. The first kappa shape index (κ1) is 45.5. The highest BCUT2D eigenvalue weighted by atomic mass is 79.9. The highest BCUT2D eigenvalue weighted by Crippen LogP contribution is 2.64. The fourth-order valence-corrected chi connectivity index (χ4v) is 18.2. The van der Waals surface area contributed by atoms with Crippen LogP contribution in [0, 0.1) is 6.92 Å². The minimum Gasteiger partial charge on any atom is -1.00 e. The van der Waals surface area contributed by atoms with Crippen molar-refractivity contribution >= 4 is 38.7 Å². The van der Waals surface area contributed by atoms with E-state index in [9.17, 15) is 0 Å². The number of hydrogen-bond donors (Lipinski definition) is 1. The van der Waals surface area contributed by atoms with Gasteiger partial charge in [-0.1, -0.05) is 90.5 Å². The molecule has 1 fully saturated rings. The molecule has 0 spiro atoms. The first-order valence-electron chi connectivity index (χ1n) is 21.2. The van der Waals surface area contributed by atoms with Gasteiger partial charge in [-0.25, -0.2) is 8.42 Å². The zero-order valence-corrected chi connectivity index (χ0v) is 38.9. The number of benzene rings is 6. The van der Waals surface area contributed by atoms with Crippen LogP contribution in [0.5, 0.6) is 11.5 Å². The molecule has 1 N–H and O–H groups in total. The normalized spacial score (nSPS) is 18.2. The van der Waals surface area contributed by atoms with Crippen molar-refractivity contribution in [3.63, 3.8) is 0 Å². The smallest absolute Gasteiger partial charge is 0.218 e. The molecule has 2 heterocycles. The molecule has 1 unspecified atom stereocenters. The van der Waals surface area contributed by atoms with Crippen LogP contribution in [0.2, 0.25) is 0 Å². The maximum absolute atomic E-state index is 16.0. The minimum atomic E-state index is -4.03. The summed E-state index contributed by atoms with van der Waals surface area (Å²) in [6.45, 7) is 5.89. The number of rotatable bonds is 16. The second kappa shape index (κ2) is 20.8. The van der Waals surface area contributed by atoms with Gasteiger partial charge < -0.3 is 46.1 Å². The van der Waals surface area contributed by atoms with E-state index in [0.29, 0.717) is 37.7 Å². The third kappa shape index (κ3) is 9.52. The Labute approximate surface area is 378 Å². The predicted octanol–water partition coefficient (Wildman–Crippen LogP) is 5.07. The molecule has 0 bridgehead atoms. The third-order valence-corrected chi connectivity index (χ3v) is 20.3. The Morgan fingerprint density at radius 2 is 1.40 bits per heavy atom. The van der Waals surface area contributed by atoms with Gasteiger partial charge in [0, 0.05) is 32.7 Å². The van der Waals surface area contributed by atoms with Crippen LogP contribution in [-0.2, 0) is 25.9 Å². The number of piperidine rings is 1. The fourth-order valence-electron chi connectivity index (χ4n) is 9.20. The van der Waals surface area contributed by atoms with Gasteiger partial charge in [0.15, 0.2) is 0 Å². The van der Waals surface area contributed by atoms with Crippen molar-refractivity contribution in [2.45, 2.75) is 54.3 Å². The van der Waals surface area contributed by atoms with Crippen molar-refractivity contribution in [2.24, 2.45) is 0 Å². The van der Waals surface area contributed by atoms with E-state index in [1.165, 1.54) is 0 Å². The Kier molecular flexibility index (Phi) is 15.2. The van der Waals surface area contributed by atoms with Gasteiger partial charge in [0.2, 0.25) is 14.8 Å². The Hall–Kier alpha value is -4.54. The van der Waals surface area contributed by atoms with E-state index >= 15 is 8.42 Å². The molecule has 6 aromatic carbocycles. The number of fused-ring (bicyclic) bond motifs is 1. The molecule has 0 radical (unpaired) electrons. The molecule has 62 heavy (non-hydrogen) atoms. The lowest BCUT2D eigenvalue weighted by Crippen LogP contribution is -3.00. The maximum Gasteiger partial charge on any atom is 0.218 e. The van der Waals surface area contributed by atoms with E-state index in [-0.39, 0.29) is 29.0 Å². The van der Waals surface area contributed by atoms with Gasteiger partial charge >= 0.3 is 0 Å². The lowest BCUT2D eigenvalue weighted by molar-refractivity contribution is -0.0000244. The first-order valence-corrected chi connectivity index (χ1v) is 24.6. The topological polar surface area (TPSA) is 86.3 Å². The number of aryl methyl sites for hydroxylation is 1. The van der Waals surface area contributed by atoms with Gasteiger partial charge in [-0.3, -0.25) is 0 Å². The van der Waals surface area contributed by atoms with Crippen molar-refractivity contribution < 1.29 is 44.3 Å². The molecule has 0 saturated carbocycles. The quantitative estimate of drug-likeness (QED) is 0.107. The number of anilines is 1. The zero-order chi connectivity index (χ0) is 42.2. The molecule has 6 aromatic rings. The molecular weight excluding hydrogens is 880 g/mol. The number of methoxy groups -OCH3 is 2. The van der Waals surface area contributed by atoms with E-state index in [1.807, 2.05) is 91.9 Å². The van der Waals surface area contributed by atoms with Gasteiger partial charge in [-0.2, -0.15) is 0 Å². The van der Waals surface area contributed by atoms with Gasteiger partial charge in [0.1, 0.15) is 41.3 Å². The summed E-state index contributed by atoms with van der Waals surface area (Å²) in [5.74, 6) is 1.51. The Balaban J connectivity index is 0.00000578. The van der Waals surface area contributed by atoms with Crippen molar-refractivity contribution in [1.29, 1.82) is 0 Å². The third-order valence-electron chi connectivity index (χ3n) is 12.2. The zero-order valence-electron chi connectivity index (χ0n) is 35.6. The van der Waals surface area contributed by atoms with Crippen molar-refractivity contribution in [2.75, 3.05) is 52.0 Å². The predicted molar refractivity (Wildman–Crippen MR) is 249 cm³/mol. The lowest BCUT2D eigenvalue weighted by atomic mass is 9.84. The van der Waals surface area contributed by atoms with Crippen molar-refractivity contribution in [3.8, 4) is 11.5 Å². The second-order valence-corrected chi connectivity index (χ2v) is 21.9. The Bertz CT molecular complexity index is 2350. The van der Waals surface area contributed by atoms with Crippen LogP contribution < -0.4 is 52.6 Å². The van der Waals surface area contributed by atoms with Crippen LogP contribution in [0.15, 0.2) is 163 Å². The molecule has 0 aliphatic carbocycles. The van der Waals surface area contributed by atoms with Crippen molar-refractivity contribution in [3.05, 3.63) is 174 Å². The summed E-state index contributed by atoms with van der Waals surface area (Å²) in [6.07, 6.45) is 1.19. The summed E-state index contributed by atoms with van der Waals surface area (Å²) in [5.41, 5.74) is 4.21. The van der Waals surface area contributed by atoms with Gasteiger partial charge in [0.25, 0.3) is 0 Å². The number of halogens is 1. The molecule has 0 aromatic heterocycles.